The van der Waals surface area contributed by atoms with Crippen molar-refractivity contribution >= 4 is 39.5 Å². The van der Waals surface area contributed by atoms with E-state index >= 15 is 0 Å². The maximum Gasteiger partial charge on any atom is 0.318 e. The van der Waals surface area contributed by atoms with Gasteiger partial charge in [0.25, 0.3) is 0 Å². The maximum absolute atomic E-state index is 13.4. The fourth-order valence-corrected chi connectivity index (χ4v) is 5.75. The van der Waals surface area contributed by atoms with Crippen molar-refractivity contribution in [3.63, 3.8) is 0 Å². The highest BCUT2D eigenvalue weighted by atomic mass is 16.4. The van der Waals surface area contributed by atoms with Crippen molar-refractivity contribution in [2.75, 3.05) is 0 Å². The molecule has 6 rings (SSSR count). The number of carboxylic acids is 2. The molecule has 2 N–H and O–H groups in total. The molecule has 0 spiro atoms. The van der Waals surface area contributed by atoms with Crippen molar-refractivity contribution in [1.82, 2.24) is 4.57 Å². The molecule has 6 heteroatoms. The van der Waals surface area contributed by atoms with E-state index in [4.69, 9.17) is 0 Å². The zero-order valence-electron chi connectivity index (χ0n) is 22.6. The Morgan fingerprint density at radius 2 is 1.07 bits per heavy atom. The summed E-state index contributed by atoms with van der Waals surface area (Å²) in [7, 11) is 0. The molecule has 6 aromatic rings. The van der Waals surface area contributed by atoms with Crippen LogP contribution in [0.3, 0.4) is 0 Å². The highest BCUT2D eigenvalue weighted by Crippen LogP contribution is 2.35. The Hall–Kier alpha value is -5.49. The van der Waals surface area contributed by atoms with E-state index < -0.39 is 23.8 Å². The molecule has 0 aliphatic carbocycles. The van der Waals surface area contributed by atoms with Crippen LogP contribution in [0.5, 0.6) is 0 Å². The number of carbonyl (C=O) groups excluding carboxylic acids is 1. The number of carboxylic acid groups (broad SMARTS) is 2. The number of hydrogen-bond acceptors (Lipinski definition) is 3. The van der Waals surface area contributed by atoms with Gasteiger partial charge in [-0.2, -0.15) is 0 Å². The van der Waals surface area contributed by atoms with Gasteiger partial charge in [-0.3, -0.25) is 14.4 Å². The van der Waals surface area contributed by atoms with E-state index in [1.54, 1.807) is 24.3 Å². The third-order valence-corrected chi connectivity index (χ3v) is 7.81. The molecule has 0 saturated carbocycles. The molecule has 0 aliphatic rings. The molecule has 42 heavy (non-hydrogen) atoms. The lowest BCUT2D eigenvalue weighted by Crippen LogP contribution is -2.31. The number of rotatable bonds is 9. The summed E-state index contributed by atoms with van der Waals surface area (Å²) in [4.78, 5) is 37.6. The number of aliphatic carboxylic acids is 2. The zero-order valence-corrected chi connectivity index (χ0v) is 22.6. The van der Waals surface area contributed by atoms with Crippen LogP contribution >= 0.6 is 0 Å². The fraction of sp³-hybridized carbons (Fsp3) is 0.0833. The molecule has 206 valence electrons. The van der Waals surface area contributed by atoms with Crippen LogP contribution in [0.25, 0.3) is 38.6 Å². The summed E-state index contributed by atoms with van der Waals surface area (Å²) in [6.45, 7) is 0. The molecule has 6 nitrogen and oxygen atoms in total. The van der Waals surface area contributed by atoms with Crippen LogP contribution in [0.1, 0.15) is 28.3 Å². The number of benzene rings is 5. The Balaban J connectivity index is 1.35. The Morgan fingerprint density at radius 3 is 1.62 bits per heavy atom. The van der Waals surface area contributed by atoms with Gasteiger partial charge in [-0.15, -0.1) is 0 Å². The van der Waals surface area contributed by atoms with E-state index in [0.29, 0.717) is 11.1 Å². The number of aromatic nitrogens is 1. The van der Waals surface area contributed by atoms with Crippen LogP contribution in [0.15, 0.2) is 127 Å². The summed E-state index contributed by atoms with van der Waals surface area (Å²) in [5.41, 5.74) is 5.71. The Bertz CT molecular complexity index is 1850. The summed E-state index contributed by atoms with van der Waals surface area (Å²) < 4.78 is 2.12. The summed E-state index contributed by atoms with van der Waals surface area (Å²) in [5, 5.41) is 21.9. The minimum Gasteiger partial charge on any atom is -0.481 e. The van der Waals surface area contributed by atoms with Gasteiger partial charge in [-0.25, -0.2) is 0 Å². The van der Waals surface area contributed by atoms with Crippen LogP contribution in [-0.2, 0) is 9.59 Å². The highest BCUT2D eigenvalue weighted by Gasteiger charge is 2.37. The predicted molar refractivity (Wildman–Crippen MR) is 163 cm³/mol. The number of fused-ring (bicyclic) bond motifs is 3. The molecular weight excluding hydrogens is 526 g/mol. The van der Waals surface area contributed by atoms with Crippen LogP contribution in [0.2, 0.25) is 0 Å². The molecule has 1 unspecified atom stereocenters. The lowest BCUT2D eigenvalue weighted by atomic mass is 9.81. The number of hydrogen-bond donors (Lipinski definition) is 2. The normalized spacial score (nSPS) is 12.0. The molecule has 0 amide bonds. The van der Waals surface area contributed by atoms with Crippen LogP contribution in [-0.4, -0.2) is 32.5 Å². The minimum atomic E-state index is -1.78. The molecule has 1 heterocycles. The number of Topliss-reactive ketones (excluding diaryl/α,β-unsaturated/α-hetero) is 1. The quantitative estimate of drug-likeness (QED) is 0.142. The van der Waals surface area contributed by atoms with Crippen molar-refractivity contribution in [1.29, 1.82) is 0 Å². The van der Waals surface area contributed by atoms with Crippen molar-refractivity contribution in [3.8, 4) is 16.8 Å². The molecule has 1 atom stereocenters. The van der Waals surface area contributed by atoms with E-state index in [1.807, 2.05) is 91.0 Å². The Labute approximate surface area is 242 Å². The monoisotopic (exact) mass is 553 g/mol. The largest absolute Gasteiger partial charge is 0.481 e. The first-order valence-electron chi connectivity index (χ1n) is 13.6. The summed E-state index contributed by atoms with van der Waals surface area (Å²) in [6, 6.07) is 40.1. The average molecular weight is 554 g/mol. The summed E-state index contributed by atoms with van der Waals surface area (Å²) in [6.07, 6.45) is -0.261. The first-order chi connectivity index (χ1) is 20.4. The lowest BCUT2D eigenvalue weighted by Gasteiger charge is -2.21. The van der Waals surface area contributed by atoms with Crippen molar-refractivity contribution < 1.29 is 24.6 Å². The third kappa shape index (κ3) is 4.95. The van der Waals surface area contributed by atoms with Gasteiger partial charge >= 0.3 is 11.9 Å². The molecule has 0 fully saturated rings. The van der Waals surface area contributed by atoms with E-state index in [1.165, 1.54) is 0 Å². The SMILES string of the molecule is O=C(CC(c1ccc(-n2c3ccccc3c3ccccc32)cc1)C(C(=O)O)C(=O)O)c1ccc(-c2ccccc2)cc1. The van der Waals surface area contributed by atoms with E-state index in [0.717, 1.165) is 38.6 Å². The molecule has 0 aliphatic heterocycles. The Morgan fingerprint density at radius 1 is 0.571 bits per heavy atom. The topological polar surface area (TPSA) is 96.6 Å². The van der Waals surface area contributed by atoms with Gasteiger partial charge in [0, 0.05) is 34.4 Å². The van der Waals surface area contributed by atoms with Gasteiger partial charge in [-0.1, -0.05) is 103 Å². The third-order valence-electron chi connectivity index (χ3n) is 7.81. The standard InChI is InChI=1S/C36H27NO5/c38-33(26-16-14-24(15-17-26)23-8-2-1-3-9-23)22-30(34(35(39)40)36(41)42)25-18-20-27(21-19-25)37-31-12-6-4-10-28(31)29-11-5-7-13-32(29)37/h1-21,30,34H,22H2,(H,39,40)(H,41,42). The minimum absolute atomic E-state index is 0.261. The Kier molecular flexibility index (Phi) is 7.11. The number of nitrogens with zero attached hydrogens (tertiary/aromatic N) is 1. The van der Waals surface area contributed by atoms with Gasteiger partial charge in [0.2, 0.25) is 0 Å². The van der Waals surface area contributed by atoms with E-state index in [9.17, 15) is 24.6 Å². The molecule has 0 radical (unpaired) electrons. The number of carbonyl (C=O) groups is 3. The second-order valence-corrected chi connectivity index (χ2v) is 10.3. The zero-order chi connectivity index (χ0) is 29.2. The number of para-hydroxylation sites is 2. The van der Waals surface area contributed by atoms with Crippen molar-refractivity contribution in [3.05, 3.63) is 139 Å². The van der Waals surface area contributed by atoms with E-state index in [-0.39, 0.29) is 12.2 Å². The molecule has 0 saturated heterocycles. The molecule has 1 aromatic heterocycles. The predicted octanol–water partition coefficient (Wildman–Crippen LogP) is 7.59. The van der Waals surface area contributed by atoms with Crippen molar-refractivity contribution in [2.45, 2.75) is 12.3 Å². The smallest absolute Gasteiger partial charge is 0.318 e. The van der Waals surface area contributed by atoms with Gasteiger partial charge in [0.05, 0.1) is 11.0 Å². The second kappa shape index (κ2) is 11.2. The summed E-state index contributed by atoms with van der Waals surface area (Å²) in [5.74, 6) is -6.12. The highest BCUT2D eigenvalue weighted by molar-refractivity contribution is 6.09. The van der Waals surface area contributed by atoms with Gasteiger partial charge in [0.1, 0.15) is 0 Å². The van der Waals surface area contributed by atoms with E-state index in [2.05, 4.69) is 16.7 Å². The first kappa shape index (κ1) is 26.7. The molecule has 0 bridgehead atoms. The van der Waals surface area contributed by atoms with Gasteiger partial charge in [0.15, 0.2) is 11.7 Å². The second-order valence-electron chi connectivity index (χ2n) is 10.3. The fourth-order valence-electron chi connectivity index (χ4n) is 5.75. The van der Waals surface area contributed by atoms with Crippen LogP contribution in [0, 0.1) is 5.92 Å². The van der Waals surface area contributed by atoms with Crippen LogP contribution in [0.4, 0.5) is 0 Å². The molecular formula is C36H27NO5. The summed E-state index contributed by atoms with van der Waals surface area (Å²) >= 11 is 0. The molecule has 5 aromatic carbocycles. The maximum atomic E-state index is 13.4. The van der Waals surface area contributed by atoms with Gasteiger partial charge < -0.3 is 14.8 Å². The van der Waals surface area contributed by atoms with Gasteiger partial charge in [-0.05, 0) is 41.0 Å². The average Bonchev–Trinajstić information content (AvgIpc) is 3.35. The van der Waals surface area contributed by atoms with Crippen LogP contribution < -0.4 is 0 Å². The first-order valence-corrected chi connectivity index (χ1v) is 13.6. The lowest BCUT2D eigenvalue weighted by molar-refractivity contribution is -0.155. The van der Waals surface area contributed by atoms with Crippen molar-refractivity contribution in [2.24, 2.45) is 5.92 Å². The number of ketones is 1.